The van der Waals surface area contributed by atoms with Crippen LogP contribution in [0.4, 0.5) is 10.1 Å². The third kappa shape index (κ3) is 4.65. The summed E-state index contributed by atoms with van der Waals surface area (Å²) in [5, 5.41) is 1.24. The molecule has 3 rings (SSSR count). The number of methoxy groups -OCH3 is 2. The fourth-order valence-electron chi connectivity index (χ4n) is 3.33. The van der Waals surface area contributed by atoms with Gasteiger partial charge in [0.2, 0.25) is 11.8 Å². The van der Waals surface area contributed by atoms with Gasteiger partial charge < -0.3 is 14.4 Å². The molecule has 1 aliphatic rings. The maximum absolute atomic E-state index is 13.1. The molecule has 8 heteroatoms. The lowest BCUT2D eigenvalue weighted by atomic mass is 9.98. The van der Waals surface area contributed by atoms with Crippen molar-refractivity contribution >= 4 is 17.5 Å². The highest BCUT2D eigenvalue weighted by Gasteiger charge is 2.23. The van der Waals surface area contributed by atoms with Gasteiger partial charge in [-0.05, 0) is 53.9 Å². The minimum atomic E-state index is -0.396. The minimum Gasteiger partial charge on any atom is -0.493 e. The Morgan fingerprint density at radius 1 is 1.10 bits per heavy atom. The molecule has 0 atom stereocenters. The summed E-state index contributed by atoms with van der Waals surface area (Å²) < 4.78 is 23.8. The molecule has 0 spiro atoms. The number of hydrogen-bond donors (Lipinski definition) is 1. The van der Waals surface area contributed by atoms with Crippen LogP contribution in [0.25, 0.3) is 0 Å². The van der Waals surface area contributed by atoms with E-state index in [4.69, 9.17) is 9.47 Å². The van der Waals surface area contributed by atoms with Gasteiger partial charge in [-0.25, -0.2) is 14.8 Å². The first-order valence-corrected chi connectivity index (χ1v) is 9.24. The molecule has 2 amide bonds. The lowest BCUT2D eigenvalue weighted by Crippen LogP contribution is -2.48. The summed E-state index contributed by atoms with van der Waals surface area (Å²) in [6, 6.07) is 9.31. The van der Waals surface area contributed by atoms with Gasteiger partial charge in [0.25, 0.3) is 0 Å². The van der Waals surface area contributed by atoms with E-state index in [1.54, 1.807) is 19.1 Å². The molecule has 0 unspecified atom stereocenters. The summed E-state index contributed by atoms with van der Waals surface area (Å²) in [6.07, 6.45) is 0.704. The van der Waals surface area contributed by atoms with Crippen LogP contribution in [0, 0.1) is 5.82 Å². The SMILES string of the molecule is COc1cc2c(cc1OC)CN(C(=O)CNN(C(C)=O)c1ccc(F)cc1)CC2. The zero-order valence-corrected chi connectivity index (χ0v) is 16.7. The van der Waals surface area contributed by atoms with Gasteiger partial charge in [-0.15, -0.1) is 0 Å². The number of rotatable bonds is 6. The van der Waals surface area contributed by atoms with E-state index < -0.39 is 5.82 Å². The molecule has 154 valence electrons. The molecule has 0 saturated heterocycles. The van der Waals surface area contributed by atoms with Gasteiger partial charge in [0.1, 0.15) is 5.82 Å². The molecule has 0 saturated carbocycles. The number of benzene rings is 2. The van der Waals surface area contributed by atoms with Crippen molar-refractivity contribution in [3.63, 3.8) is 0 Å². The summed E-state index contributed by atoms with van der Waals surface area (Å²) in [5.74, 6) is 0.457. The number of halogens is 1. The number of nitrogens with zero attached hydrogens (tertiary/aromatic N) is 2. The highest BCUT2D eigenvalue weighted by molar-refractivity contribution is 5.91. The monoisotopic (exact) mass is 401 g/mol. The van der Waals surface area contributed by atoms with Crippen molar-refractivity contribution in [3.05, 3.63) is 53.3 Å². The van der Waals surface area contributed by atoms with Crippen LogP contribution in [-0.4, -0.2) is 44.0 Å². The average Bonchev–Trinajstić information content (AvgIpc) is 2.73. The minimum absolute atomic E-state index is 0.0560. The smallest absolute Gasteiger partial charge is 0.238 e. The summed E-state index contributed by atoms with van der Waals surface area (Å²) in [4.78, 5) is 26.4. The fourth-order valence-corrected chi connectivity index (χ4v) is 3.33. The Hall–Kier alpha value is -3.13. The van der Waals surface area contributed by atoms with E-state index in [9.17, 15) is 14.0 Å². The number of nitrogens with one attached hydrogen (secondary N) is 1. The second-order valence-corrected chi connectivity index (χ2v) is 6.71. The molecule has 1 N–H and O–H groups in total. The van der Waals surface area contributed by atoms with Crippen molar-refractivity contribution in [2.45, 2.75) is 19.9 Å². The summed E-state index contributed by atoms with van der Waals surface area (Å²) in [7, 11) is 3.17. The van der Waals surface area contributed by atoms with E-state index in [0.29, 0.717) is 36.7 Å². The van der Waals surface area contributed by atoms with E-state index in [0.717, 1.165) is 11.1 Å². The molecule has 0 aromatic heterocycles. The van der Waals surface area contributed by atoms with Gasteiger partial charge in [0.15, 0.2) is 11.5 Å². The normalized spacial score (nSPS) is 12.9. The highest BCUT2D eigenvalue weighted by Crippen LogP contribution is 2.33. The molecule has 2 aromatic rings. The largest absolute Gasteiger partial charge is 0.493 e. The molecule has 29 heavy (non-hydrogen) atoms. The molecule has 7 nitrogen and oxygen atoms in total. The van der Waals surface area contributed by atoms with Gasteiger partial charge in [0, 0.05) is 20.0 Å². The molecular formula is C21H24FN3O4. The predicted molar refractivity (Wildman–Crippen MR) is 106 cm³/mol. The van der Waals surface area contributed by atoms with Crippen LogP contribution in [-0.2, 0) is 22.6 Å². The number of carbonyl (C=O) groups excluding carboxylic acids is 2. The molecule has 0 radical (unpaired) electrons. The Morgan fingerprint density at radius 2 is 1.72 bits per heavy atom. The second kappa shape index (κ2) is 8.91. The number of amides is 2. The van der Waals surface area contributed by atoms with Gasteiger partial charge in [-0.3, -0.25) is 9.59 Å². The summed E-state index contributed by atoms with van der Waals surface area (Å²) in [5.41, 5.74) is 5.43. The first-order valence-electron chi connectivity index (χ1n) is 9.24. The Balaban J connectivity index is 1.67. The number of carbonyl (C=O) groups is 2. The van der Waals surface area contributed by atoms with Crippen molar-refractivity contribution in [2.24, 2.45) is 0 Å². The average molecular weight is 401 g/mol. The third-order valence-corrected chi connectivity index (χ3v) is 4.86. The maximum Gasteiger partial charge on any atom is 0.238 e. The maximum atomic E-state index is 13.1. The number of hydrazine groups is 1. The van der Waals surface area contributed by atoms with Crippen LogP contribution in [0.5, 0.6) is 11.5 Å². The van der Waals surface area contributed by atoms with E-state index >= 15 is 0 Å². The Kier molecular flexibility index (Phi) is 6.33. The zero-order valence-electron chi connectivity index (χ0n) is 16.7. The third-order valence-electron chi connectivity index (χ3n) is 4.86. The van der Waals surface area contributed by atoms with Crippen LogP contribution < -0.4 is 19.9 Å². The Bertz CT molecular complexity index is 902. The fraction of sp³-hybridized carbons (Fsp3) is 0.333. The molecule has 1 aliphatic heterocycles. The van der Waals surface area contributed by atoms with E-state index in [2.05, 4.69) is 5.43 Å². The van der Waals surface area contributed by atoms with E-state index in [1.165, 1.54) is 36.2 Å². The van der Waals surface area contributed by atoms with Crippen LogP contribution in [0.2, 0.25) is 0 Å². The Labute approximate surface area is 169 Å². The van der Waals surface area contributed by atoms with Crippen LogP contribution in [0.3, 0.4) is 0 Å². The molecule has 0 aliphatic carbocycles. The van der Waals surface area contributed by atoms with Gasteiger partial charge >= 0.3 is 0 Å². The number of ether oxygens (including phenoxy) is 2. The summed E-state index contributed by atoms with van der Waals surface area (Å²) >= 11 is 0. The lowest BCUT2D eigenvalue weighted by molar-refractivity contribution is -0.131. The van der Waals surface area contributed by atoms with Crippen LogP contribution in [0.1, 0.15) is 18.1 Å². The quantitative estimate of drug-likeness (QED) is 0.752. The van der Waals surface area contributed by atoms with Crippen molar-refractivity contribution in [1.29, 1.82) is 0 Å². The zero-order chi connectivity index (χ0) is 21.0. The highest BCUT2D eigenvalue weighted by atomic mass is 19.1. The standard InChI is InChI=1S/C21H24FN3O4/c1-14(26)25(18-6-4-17(22)5-7-18)23-12-21(27)24-9-8-15-10-19(28-2)20(29-3)11-16(15)13-24/h4-7,10-11,23H,8-9,12-13H2,1-3H3. The molecular weight excluding hydrogens is 377 g/mol. The van der Waals surface area contributed by atoms with Crippen LogP contribution >= 0.6 is 0 Å². The van der Waals surface area contributed by atoms with Crippen LogP contribution in [0.15, 0.2) is 36.4 Å². The molecule has 1 heterocycles. The van der Waals surface area contributed by atoms with Crippen molar-refractivity contribution in [2.75, 3.05) is 32.3 Å². The van der Waals surface area contributed by atoms with Crippen molar-refractivity contribution < 1.29 is 23.5 Å². The van der Waals surface area contributed by atoms with E-state index in [1.807, 2.05) is 12.1 Å². The second-order valence-electron chi connectivity index (χ2n) is 6.71. The molecule has 2 aromatic carbocycles. The van der Waals surface area contributed by atoms with Gasteiger partial charge in [-0.1, -0.05) is 0 Å². The molecule has 0 bridgehead atoms. The number of hydrogen-bond acceptors (Lipinski definition) is 5. The van der Waals surface area contributed by atoms with Crippen molar-refractivity contribution in [1.82, 2.24) is 10.3 Å². The van der Waals surface area contributed by atoms with Gasteiger partial charge in [-0.2, -0.15) is 0 Å². The first kappa shape index (κ1) is 20.6. The van der Waals surface area contributed by atoms with Gasteiger partial charge in [0.05, 0.1) is 26.5 Å². The Morgan fingerprint density at radius 3 is 2.31 bits per heavy atom. The van der Waals surface area contributed by atoms with Crippen molar-refractivity contribution in [3.8, 4) is 11.5 Å². The first-order chi connectivity index (χ1) is 13.9. The predicted octanol–water partition coefficient (Wildman–Crippen LogP) is 2.29. The topological polar surface area (TPSA) is 71.1 Å². The number of fused-ring (bicyclic) bond motifs is 1. The lowest BCUT2D eigenvalue weighted by Gasteiger charge is -2.31. The summed E-state index contributed by atoms with van der Waals surface area (Å²) in [6.45, 7) is 2.34. The van der Waals surface area contributed by atoms with E-state index in [-0.39, 0.29) is 18.4 Å². The molecule has 0 fully saturated rings. The number of anilines is 1.